The van der Waals surface area contributed by atoms with E-state index in [9.17, 15) is 18.0 Å². The molecule has 7 nitrogen and oxygen atoms in total. The molecule has 5 heterocycles. The molecule has 0 bridgehead atoms. The first kappa shape index (κ1) is 27.0. The number of hydrogen-bond acceptors (Lipinski definition) is 5. The summed E-state index contributed by atoms with van der Waals surface area (Å²) in [6.07, 6.45) is -1.37. The van der Waals surface area contributed by atoms with E-state index in [2.05, 4.69) is 50.6 Å². The normalized spacial score (nSPS) is 25.1. The lowest BCUT2D eigenvalue weighted by atomic mass is 9.77. The predicted octanol–water partition coefficient (Wildman–Crippen LogP) is 4.23. The van der Waals surface area contributed by atoms with E-state index >= 15 is 0 Å². The molecular weight excluding hydrogens is 517 g/mol. The van der Waals surface area contributed by atoms with Crippen molar-refractivity contribution in [3.8, 4) is 5.82 Å². The second-order valence-corrected chi connectivity index (χ2v) is 11.7. The van der Waals surface area contributed by atoms with Crippen molar-refractivity contribution in [3.63, 3.8) is 0 Å². The van der Waals surface area contributed by atoms with Gasteiger partial charge in [0.2, 0.25) is 0 Å². The summed E-state index contributed by atoms with van der Waals surface area (Å²) in [7, 11) is 0. The lowest BCUT2D eigenvalue weighted by molar-refractivity contribution is -0.137. The first-order valence-electron chi connectivity index (χ1n) is 14.0. The molecule has 10 heteroatoms. The summed E-state index contributed by atoms with van der Waals surface area (Å²) < 4.78 is 40.3. The van der Waals surface area contributed by atoms with Crippen LogP contribution >= 0.6 is 0 Å². The number of fused-ring (bicyclic) bond motifs is 1. The fourth-order valence-electron chi connectivity index (χ4n) is 6.96. The zero-order valence-corrected chi connectivity index (χ0v) is 22.9. The second-order valence-electron chi connectivity index (χ2n) is 11.7. The number of benzene rings is 1. The molecule has 40 heavy (non-hydrogen) atoms. The number of halogens is 3. The maximum absolute atomic E-state index is 13.6. The van der Waals surface area contributed by atoms with Crippen molar-refractivity contribution in [1.29, 1.82) is 0 Å². The van der Waals surface area contributed by atoms with E-state index in [1.165, 1.54) is 16.3 Å². The van der Waals surface area contributed by atoms with Crippen LogP contribution in [0.15, 0.2) is 48.7 Å². The minimum Gasteiger partial charge on any atom is -0.338 e. The molecule has 1 N–H and O–H groups in total. The van der Waals surface area contributed by atoms with Gasteiger partial charge < -0.3 is 15.1 Å². The maximum Gasteiger partial charge on any atom is 0.417 e. The topological polar surface area (TPSA) is 66.3 Å². The van der Waals surface area contributed by atoms with Crippen molar-refractivity contribution in [2.75, 3.05) is 45.8 Å². The summed E-state index contributed by atoms with van der Waals surface area (Å²) in [4.78, 5) is 22.1. The standard InChI is InChI=1S/C30H35F3N6O/c1-20-27(21(2)39(36-20)26-9-8-25(14-35-26)30(31,32)33)28(40)38-17-22-15-37(16-23(22)18-38)13-11-29(10-12-34-19-29)24-6-4-3-5-7-24/h3-9,14,22-23,34H,10-13,15-19H2,1-2H3. The summed E-state index contributed by atoms with van der Waals surface area (Å²) in [5.41, 5.74) is 2.45. The van der Waals surface area contributed by atoms with E-state index in [0.717, 1.165) is 57.8 Å². The number of nitrogens with one attached hydrogen (secondary N) is 1. The number of rotatable bonds is 6. The number of alkyl halides is 3. The fourth-order valence-corrected chi connectivity index (χ4v) is 6.96. The van der Waals surface area contributed by atoms with Crippen molar-refractivity contribution in [2.24, 2.45) is 11.8 Å². The minimum atomic E-state index is -4.46. The highest BCUT2D eigenvalue weighted by atomic mass is 19.4. The van der Waals surface area contributed by atoms with Crippen molar-refractivity contribution in [2.45, 2.75) is 38.3 Å². The van der Waals surface area contributed by atoms with E-state index in [4.69, 9.17) is 0 Å². The van der Waals surface area contributed by atoms with Gasteiger partial charge in [-0.25, -0.2) is 9.67 Å². The molecule has 3 fully saturated rings. The number of aromatic nitrogens is 3. The smallest absolute Gasteiger partial charge is 0.338 e. The third-order valence-electron chi connectivity index (χ3n) is 9.18. The molecule has 0 radical (unpaired) electrons. The van der Waals surface area contributed by atoms with Crippen LogP contribution in [0.1, 0.15) is 45.7 Å². The zero-order valence-electron chi connectivity index (χ0n) is 22.9. The molecule has 3 aliphatic heterocycles. The molecule has 3 unspecified atom stereocenters. The Bertz CT molecular complexity index is 1350. The van der Waals surface area contributed by atoms with Gasteiger partial charge in [-0.1, -0.05) is 30.3 Å². The van der Waals surface area contributed by atoms with Crippen LogP contribution in [0.5, 0.6) is 0 Å². The van der Waals surface area contributed by atoms with Crippen molar-refractivity contribution in [1.82, 2.24) is 29.9 Å². The number of carbonyl (C=O) groups is 1. The van der Waals surface area contributed by atoms with E-state index in [1.54, 1.807) is 13.8 Å². The first-order valence-corrected chi connectivity index (χ1v) is 14.0. The van der Waals surface area contributed by atoms with Gasteiger partial charge in [0.05, 0.1) is 22.5 Å². The van der Waals surface area contributed by atoms with Gasteiger partial charge in [0.15, 0.2) is 5.82 Å². The molecule has 3 aromatic rings. The molecule has 0 saturated carbocycles. The van der Waals surface area contributed by atoms with Gasteiger partial charge in [0.25, 0.3) is 5.91 Å². The summed E-state index contributed by atoms with van der Waals surface area (Å²) in [5.74, 6) is 1.10. The number of nitrogens with zero attached hydrogens (tertiary/aromatic N) is 5. The SMILES string of the molecule is Cc1nn(-c2ccc(C(F)(F)F)cn2)c(C)c1C(=O)N1CC2CN(CCC3(c4ccccc4)CCNC3)CC2C1. The Morgan fingerprint density at radius 2 is 1.77 bits per heavy atom. The highest BCUT2D eigenvalue weighted by Gasteiger charge is 2.43. The lowest BCUT2D eigenvalue weighted by Gasteiger charge is -2.31. The third-order valence-corrected chi connectivity index (χ3v) is 9.18. The Kier molecular flexibility index (Phi) is 6.94. The van der Waals surface area contributed by atoms with E-state index in [0.29, 0.717) is 41.9 Å². The molecule has 0 spiro atoms. The van der Waals surface area contributed by atoms with E-state index in [1.807, 2.05) is 4.90 Å². The van der Waals surface area contributed by atoms with Crippen molar-refractivity contribution in [3.05, 3.63) is 76.7 Å². The number of amides is 1. The summed E-state index contributed by atoms with van der Waals surface area (Å²) in [5, 5.41) is 8.03. The summed E-state index contributed by atoms with van der Waals surface area (Å²) >= 11 is 0. The molecule has 6 rings (SSSR count). The zero-order chi connectivity index (χ0) is 28.1. The fraction of sp³-hybridized carbons (Fsp3) is 0.500. The van der Waals surface area contributed by atoms with Crippen LogP contribution in [-0.2, 0) is 11.6 Å². The Morgan fingerprint density at radius 3 is 2.38 bits per heavy atom. The maximum atomic E-state index is 13.6. The molecule has 3 aliphatic rings. The van der Waals surface area contributed by atoms with Gasteiger partial charge in [-0.15, -0.1) is 0 Å². The molecule has 0 aliphatic carbocycles. The van der Waals surface area contributed by atoms with Crippen molar-refractivity contribution < 1.29 is 18.0 Å². The predicted molar refractivity (Wildman–Crippen MR) is 145 cm³/mol. The summed E-state index contributed by atoms with van der Waals surface area (Å²) in [6, 6.07) is 13.1. The van der Waals surface area contributed by atoms with Gasteiger partial charge in [0.1, 0.15) is 0 Å². The average Bonchev–Trinajstić information content (AvgIpc) is 3.71. The van der Waals surface area contributed by atoms with Crippen LogP contribution in [0.25, 0.3) is 5.82 Å². The molecule has 212 valence electrons. The monoisotopic (exact) mass is 552 g/mol. The highest BCUT2D eigenvalue weighted by Crippen LogP contribution is 2.37. The molecule has 2 aromatic heterocycles. The van der Waals surface area contributed by atoms with Gasteiger partial charge >= 0.3 is 6.18 Å². The Hall–Kier alpha value is -3.24. The van der Waals surface area contributed by atoms with Crippen molar-refractivity contribution >= 4 is 5.91 Å². The lowest BCUT2D eigenvalue weighted by Crippen LogP contribution is -2.37. The number of likely N-dealkylation sites (tertiary alicyclic amines) is 2. The van der Waals surface area contributed by atoms with Gasteiger partial charge in [-0.2, -0.15) is 18.3 Å². The molecule has 1 aromatic carbocycles. The third kappa shape index (κ3) is 4.92. The number of aryl methyl sites for hydroxylation is 1. The van der Waals surface area contributed by atoms with Crippen LogP contribution in [0.4, 0.5) is 13.2 Å². The van der Waals surface area contributed by atoms with E-state index in [-0.39, 0.29) is 17.1 Å². The molecule has 1 amide bonds. The number of pyridine rings is 1. The van der Waals surface area contributed by atoms with Gasteiger partial charge in [-0.05, 0) is 69.3 Å². The Labute approximate surface area is 232 Å². The Balaban J connectivity index is 1.09. The average molecular weight is 553 g/mol. The minimum absolute atomic E-state index is 0.0610. The molecular formula is C30H35F3N6O. The number of hydrogen-bond donors (Lipinski definition) is 1. The summed E-state index contributed by atoms with van der Waals surface area (Å²) in [6.45, 7) is 10.1. The largest absolute Gasteiger partial charge is 0.417 e. The van der Waals surface area contributed by atoms with Crippen LogP contribution in [-0.4, -0.2) is 76.3 Å². The van der Waals surface area contributed by atoms with Gasteiger partial charge in [-0.3, -0.25) is 4.79 Å². The quantitative estimate of drug-likeness (QED) is 0.496. The van der Waals surface area contributed by atoms with Crippen LogP contribution < -0.4 is 5.32 Å². The first-order chi connectivity index (χ1) is 19.1. The molecule has 3 saturated heterocycles. The second kappa shape index (κ2) is 10.3. The van der Waals surface area contributed by atoms with E-state index < -0.39 is 11.7 Å². The Morgan fingerprint density at radius 1 is 1.05 bits per heavy atom. The van der Waals surface area contributed by atoms with Crippen LogP contribution in [0.2, 0.25) is 0 Å². The van der Waals surface area contributed by atoms with Crippen LogP contribution in [0.3, 0.4) is 0 Å². The van der Waals surface area contributed by atoms with Crippen LogP contribution in [0, 0.1) is 25.7 Å². The highest BCUT2D eigenvalue weighted by molar-refractivity contribution is 5.96. The number of carbonyl (C=O) groups excluding carboxylic acids is 1. The molecule has 3 atom stereocenters. The van der Waals surface area contributed by atoms with Gasteiger partial charge in [0, 0.05) is 44.3 Å².